The smallest absolute Gasteiger partial charge is 0.311 e. The summed E-state index contributed by atoms with van der Waals surface area (Å²) >= 11 is 0. The molecular formula is C8H13N3O2. The number of hydrogen-bond acceptors (Lipinski definition) is 4. The maximum absolute atomic E-state index is 11.5. The summed E-state index contributed by atoms with van der Waals surface area (Å²) in [5.74, 6) is 0.280. The summed E-state index contributed by atoms with van der Waals surface area (Å²) in [5.41, 5.74) is 0. The van der Waals surface area contributed by atoms with Gasteiger partial charge in [-0.2, -0.15) is 0 Å². The molecule has 1 aromatic rings. The Kier molecular flexibility index (Phi) is 3.00. The molecule has 0 spiro atoms. The van der Waals surface area contributed by atoms with Gasteiger partial charge in [0.05, 0.1) is 0 Å². The molecule has 13 heavy (non-hydrogen) atoms. The Labute approximate surface area is 76.7 Å². The second kappa shape index (κ2) is 4.02. The van der Waals surface area contributed by atoms with Crippen molar-refractivity contribution in [1.29, 1.82) is 0 Å². The highest BCUT2D eigenvalue weighted by Gasteiger charge is 2.18. The summed E-state index contributed by atoms with van der Waals surface area (Å²) in [6, 6.07) is 0. The van der Waals surface area contributed by atoms with Gasteiger partial charge in [-0.25, -0.2) is 0 Å². The van der Waals surface area contributed by atoms with Gasteiger partial charge in [0, 0.05) is 20.0 Å². The molecule has 0 bridgehead atoms. The monoisotopic (exact) mass is 183 g/mol. The number of nitrogens with zero attached hydrogens (tertiary/aromatic N) is 3. The lowest BCUT2D eigenvalue weighted by atomic mass is 10.4. The highest BCUT2D eigenvalue weighted by molar-refractivity contribution is 5.89. The quantitative estimate of drug-likeness (QED) is 0.697. The van der Waals surface area contributed by atoms with Crippen LogP contribution < -0.4 is 0 Å². The zero-order valence-corrected chi connectivity index (χ0v) is 8.07. The van der Waals surface area contributed by atoms with Crippen molar-refractivity contribution in [3.63, 3.8) is 0 Å². The molecule has 0 unspecified atom stereocenters. The van der Waals surface area contributed by atoms with Crippen LogP contribution in [0, 0.1) is 6.92 Å². The van der Waals surface area contributed by atoms with Crippen LogP contribution >= 0.6 is 0 Å². The first-order valence-electron chi connectivity index (χ1n) is 4.28. The molecule has 0 saturated carbocycles. The predicted octanol–water partition coefficient (Wildman–Crippen LogP) is 0.860. The van der Waals surface area contributed by atoms with E-state index in [-0.39, 0.29) is 11.8 Å². The molecule has 5 heteroatoms. The lowest BCUT2D eigenvalue weighted by Gasteiger charge is -2.15. The largest absolute Gasteiger partial charge is 0.417 e. The van der Waals surface area contributed by atoms with Gasteiger partial charge in [-0.3, -0.25) is 4.79 Å². The fourth-order valence-corrected chi connectivity index (χ4v) is 1.03. The van der Waals surface area contributed by atoms with Gasteiger partial charge in [-0.15, -0.1) is 10.2 Å². The Hall–Kier alpha value is -1.39. The second-order valence-corrected chi connectivity index (χ2v) is 2.60. The first-order chi connectivity index (χ1) is 6.19. The molecule has 1 rings (SSSR count). The topological polar surface area (TPSA) is 59.2 Å². The van der Waals surface area contributed by atoms with E-state index in [1.807, 2.05) is 13.8 Å². The molecule has 72 valence electrons. The predicted molar refractivity (Wildman–Crippen MR) is 46.3 cm³/mol. The molecule has 0 fully saturated rings. The van der Waals surface area contributed by atoms with Gasteiger partial charge < -0.3 is 9.32 Å². The summed E-state index contributed by atoms with van der Waals surface area (Å²) in [6.07, 6.45) is 0. The first kappa shape index (κ1) is 9.70. The zero-order valence-electron chi connectivity index (χ0n) is 8.07. The van der Waals surface area contributed by atoms with Gasteiger partial charge in [0.1, 0.15) is 0 Å². The van der Waals surface area contributed by atoms with Crippen molar-refractivity contribution in [3.05, 3.63) is 11.8 Å². The Morgan fingerprint density at radius 1 is 1.38 bits per heavy atom. The fourth-order valence-electron chi connectivity index (χ4n) is 1.03. The lowest BCUT2D eigenvalue weighted by molar-refractivity contribution is 0.0731. The van der Waals surface area contributed by atoms with Crippen LogP contribution in [-0.2, 0) is 0 Å². The molecule has 0 aliphatic rings. The minimum absolute atomic E-state index is 0.0706. The Morgan fingerprint density at radius 2 is 2.00 bits per heavy atom. The molecule has 1 aromatic heterocycles. The number of rotatable bonds is 3. The van der Waals surface area contributed by atoms with E-state index in [2.05, 4.69) is 10.2 Å². The Bertz CT molecular complexity index is 291. The summed E-state index contributed by atoms with van der Waals surface area (Å²) in [4.78, 5) is 13.2. The maximum Gasteiger partial charge on any atom is 0.311 e. The van der Waals surface area contributed by atoms with E-state index in [1.165, 1.54) is 0 Å². The first-order valence-corrected chi connectivity index (χ1v) is 4.28. The van der Waals surface area contributed by atoms with Crippen LogP contribution in [0.2, 0.25) is 0 Å². The molecule has 0 atom stereocenters. The molecule has 0 aliphatic heterocycles. The number of aryl methyl sites for hydroxylation is 1. The number of hydrogen-bond donors (Lipinski definition) is 0. The van der Waals surface area contributed by atoms with Crippen molar-refractivity contribution in [3.8, 4) is 0 Å². The molecule has 0 saturated heterocycles. The molecule has 1 amide bonds. The molecule has 0 N–H and O–H groups in total. The van der Waals surface area contributed by atoms with E-state index in [0.29, 0.717) is 19.0 Å². The van der Waals surface area contributed by atoms with Crippen LogP contribution in [0.1, 0.15) is 30.4 Å². The SMILES string of the molecule is CCN(CC)C(=O)c1nnc(C)o1. The van der Waals surface area contributed by atoms with Crippen molar-refractivity contribution >= 4 is 5.91 Å². The Balaban J connectivity index is 2.78. The van der Waals surface area contributed by atoms with E-state index in [4.69, 9.17) is 4.42 Å². The molecule has 5 nitrogen and oxygen atoms in total. The van der Waals surface area contributed by atoms with E-state index in [1.54, 1.807) is 11.8 Å². The summed E-state index contributed by atoms with van der Waals surface area (Å²) in [5, 5.41) is 7.25. The highest BCUT2D eigenvalue weighted by atomic mass is 16.4. The molecule has 0 radical (unpaired) electrons. The van der Waals surface area contributed by atoms with Crippen LogP contribution in [0.25, 0.3) is 0 Å². The van der Waals surface area contributed by atoms with Crippen LogP contribution in [0.5, 0.6) is 0 Å². The van der Waals surface area contributed by atoms with Crippen molar-refractivity contribution < 1.29 is 9.21 Å². The van der Waals surface area contributed by atoms with Gasteiger partial charge in [-0.1, -0.05) is 0 Å². The van der Waals surface area contributed by atoms with Crippen LogP contribution in [0.3, 0.4) is 0 Å². The molecule has 0 aliphatic carbocycles. The van der Waals surface area contributed by atoms with Crippen molar-refractivity contribution in [1.82, 2.24) is 15.1 Å². The van der Waals surface area contributed by atoms with Gasteiger partial charge in [-0.05, 0) is 13.8 Å². The van der Waals surface area contributed by atoms with Gasteiger partial charge in [0.25, 0.3) is 0 Å². The van der Waals surface area contributed by atoms with Crippen molar-refractivity contribution in [2.24, 2.45) is 0 Å². The summed E-state index contributed by atoms with van der Waals surface area (Å²) < 4.78 is 5.02. The van der Waals surface area contributed by atoms with Crippen LogP contribution in [0.15, 0.2) is 4.42 Å². The van der Waals surface area contributed by atoms with E-state index in [9.17, 15) is 4.79 Å². The van der Waals surface area contributed by atoms with Gasteiger partial charge in [0.15, 0.2) is 0 Å². The minimum Gasteiger partial charge on any atom is -0.417 e. The van der Waals surface area contributed by atoms with E-state index in [0.717, 1.165) is 0 Å². The van der Waals surface area contributed by atoms with Crippen LogP contribution in [0.4, 0.5) is 0 Å². The Morgan fingerprint density at radius 3 is 2.38 bits per heavy atom. The molecule has 1 heterocycles. The molecular weight excluding hydrogens is 170 g/mol. The third kappa shape index (κ3) is 2.05. The summed E-state index contributed by atoms with van der Waals surface area (Å²) in [6.45, 7) is 6.77. The maximum atomic E-state index is 11.5. The average Bonchev–Trinajstić information content (AvgIpc) is 2.54. The third-order valence-corrected chi connectivity index (χ3v) is 1.76. The standard InChI is InChI=1S/C8H13N3O2/c1-4-11(5-2)8(12)7-10-9-6(3)13-7/h4-5H2,1-3H3. The third-order valence-electron chi connectivity index (χ3n) is 1.76. The fraction of sp³-hybridized carbons (Fsp3) is 0.625. The van der Waals surface area contributed by atoms with Crippen molar-refractivity contribution in [2.75, 3.05) is 13.1 Å². The number of amides is 1. The van der Waals surface area contributed by atoms with Gasteiger partial charge >= 0.3 is 11.8 Å². The van der Waals surface area contributed by atoms with Crippen molar-refractivity contribution in [2.45, 2.75) is 20.8 Å². The summed E-state index contributed by atoms with van der Waals surface area (Å²) in [7, 11) is 0. The minimum atomic E-state index is -0.203. The highest BCUT2D eigenvalue weighted by Crippen LogP contribution is 2.02. The second-order valence-electron chi connectivity index (χ2n) is 2.60. The zero-order chi connectivity index (χ0) is 9.84. The normalized spacial score (nSPS) is 10.1. The number of carbonyl (C=O) groups excluding carboxylic acids is 1. The van der Waals surface area contributed by atoms with E-state index < -0.39 is 0 Å². The van der Waals surface area contributed by atoms with Gasteiger partial charge in [0.2, 0.25) is 5.89 Å². The number of carbonyl (C=O) groups is 1. The number of aromatic nitrogens is 2. The van der Waals surface area contributed by atoms with E-state index >= 15 is 0 Å². The average molecular weight is 183 g/mol. The van der Waals surface area contributed by atoms with Crippen LogP contribution in [-0.4, -0.2) is 34.1 Å². The molecule has 0 aromatic carbocycles. The lowest BCUT2D eigenvalue weighted by Crippen LogP contribution is -2.30.